The summed E-state index contributed by atoms with van der Waals surface area (Å²) >= 11 is 0. The Hall–Kier alpha value is -5.19. The fourth-order valence-electron chi connectivity index (χ4n) is 6.22. The molecule has 240 valence electrons. The number of carboxylic acid groups (broad SMARTS) is 1. The SMILES string of the molecule is Cn1ccc(-c2cc(C(=O)O)cc3c2nc(CN2CCC(c4ccnc(OCc5ccc(C#N)cc5F)n4)CC2)n3C[C@@H]2CCO2)n1. The lowest BCUT2D eigenvalue weighted by molar-refractivity contribution is -0.0592. The fourth-order valence-corrected chi connectivity index (χ4v) is 6.22. The second-order valence-corrected chi connectivity index (χ2v) is 12.0. The highest BCUT2D eigenvalue weighted by Gasteiger charge is 2.27. The van der Waals surface area contributed by atoms with Gasteiger partial charge in [0.15, 0.2) is 0 Å². The van der Waals surface area contributed by atoms with Crippen LogP contribution in [0.25, 0.3) is 22.3 Å². The summed E-state index contributed by atoms with van der Waals surface area (Å²) in [6, 6.07) is 13.5. The first-order chi connectivity index (χ1) is 22.8. The van der Waals surface area contributed by atoms with Crippen LogP contribution in [0.3, 0.4) is 0 Å². The molecule has 1 N–H and O–H groups in total. The number of hydrogen-bond donors (Lipinski definition) is 1. The molecular weight excluding hydrogens is 603 g/mol. The van der Waals surface area contributed by atoms with Gasteiger partial charge in [-0.2, -0.15) is 15.3 Å². The molecule has 13 heteroatoms. The number of nitriles is 1. The fraction of sp³-hybridized carbons (Fsp3) is 0.353. The van der Waals surface area contributed by atoms with Gasteiger partial charge in [0.1, 0.15) is 18.2 Å². The Morgan fingerprint density at radius 1 is 1.15 bits per heavy atom. The molecule has 1 atom stereocenters. The number of rotatable bonds is 10. The van der Waals surface area contributed by atoms with E-state index in [9.17, 15) is 14.3 Å². The van der Waals surface area contributed by atoms with Gasteiger partial charge < -0.3 is 19.1 Å². The lowest BCUT2D eigenvalue weighted by Gasteiger charge is -2.32. The van der Waals surface area contributed by atoms with Gasteiger partial charge in [-0.05, 0) is 68.8 Å². The van der Waals surface area contributed by atoms with E-state index in [2.05, 4.69) is 24.5 Å². The lowest BCUT2D eigenvalue weighted by Crippen LogP contribution is -2.35. The van der Waals surface area contributed by atoms with Crippen molar-refractivity contribution in [3.8, 4) is 23.3 Å². The van der Waals surface area contributed by atoms with Crippen LogP contribution in [0, 0.1) is 17.1 Å². The van der Waals surface area contributed by atoms with Crippen LogP contribution in [0.15, 0.2) is 54.9 Å². The van der Waals surface area contributed by atoms with E-state index in [0.717, 1.165) is 61.5 Å². The van der Waals surface area contributed by atoms with Gasteiger partial charge in [-0.25, -0.2) is 19.2 Å². The number of aromatic nitrogens is 6. The normalized spacial score (nSPS) is 17.0. The third kappa shape index (κ3) is 6.43. The molecule has 47 heavy (non-hydrogen) atoms. The first-order valence-electron chi connectivity index (χ1n) is 15.6. The number of piperidine rings is 1. The maximum Gasteiger partial charge on any atom is 0.335 e. The highest BCUT2D eigenvalue weighted by molar-refractivity contribution is 5.99. The van der Waals surface area contributed by atoms with Crippen LogP contribution in [-0.4, -0.2) is 71.1 Å². The van der Waals surface area contributed by atoms with E-state index >= 15 is 0 Å². The summed E-state index contributed by atoms with van der Waals surface area (Å²) in [6.45, 7) is 3.52. The smallest absolute Gasteiger partial charge is 0.335 e. The zero-order valence-corrected chi connectivity index (χ0v) is 25.8. The Morgan fingerprint density at radius 3 is 2.66 bits per heavy atom. The number of carbonyl (C=O) groups is 1. The molecular formula is C34H33FN8O4. The van der Waals surface area contributed by atoms with Gasteiger partial charge >= 0.3 is 12.0 Å². The van der Waals surface area contributed by atoms with Gasteiger partial charge in [0.25, 0.3) is 0 Å². The quantitative estimate of drug-likeness (QED) is 0.229. The minimum absolute atomic E-state index is 0.0393. The largest absolute Gasteiger partial charge is 0.478 e. The van der Waals surface area contributed by atoms with Crippen molar-refractivity contribution in [3.63, 3.8) is 0 Å². The summed E-state index contributed by atoms with van der Waals surface area (Å²) in [6.07, 6.45) is 6.24. The predicted molar refractivity (Wildman–Crippen MR) is 168 cm³/mol. The molecule has 2 saturated heterocycles. The summed E-state index contributed by atoms with van der Waals surface area (Å²) in [7, 11) is 1.83. The van der Waals surface area contributed by atoms with Gasteiger partial charge in [-0.15, -0.1) is 0 Å². The molecule has 0 aliphatic carbocycles. The minimum Gasteiger partial charge on any atom is -0.478 e. The summed E-state index contributed by atoms with van der Waals surface area (Å²) < 4.78 is 29.6. The van der Waals surface area contributed by atoms with Gasteiger partial charge in [0.05, 0.1) is 58.8 Å². The zero-order valence-electron chi connectivity index (χ0n) is 25.8. The van der Waals surface area contributed by atoms with Crippen molar-refractivity contribution in [1.29, 1.82) is 5.26 Å². The van der Waals surface area contributed by atoms with Gasteiger partial charge in [-0.3, -0.25) is 9.58 Å². The number of aromatic carboxylic acids is 1. The third-order valence-corrected chi connectivity index (χ3v) is 8.91. The van der Waals surface area contributed by atoms with Crippen LogP contribution >= 0.6 is 0 Å². The molecule has 0 spiro atoms. The molecule has 0 unspecified atom stereocenters. The van der Waals surface area contributed by atoms with Gasteiger partial charge in [0, 0.05) is 43.1 Å². The molecule has 2 aromatic carbocycles. The summed E-state index contributed by atoms with van der Waals surface area (Å²) in [5, 5.41) is 23.4. The zero-order chi connectivity index (χ0) is 32.5. The van der Waals surface area contributed by atoms with Crippen LogP contribution in [0.4, 0.5) is 4.39 Å². The Kier molecular flexibility index (Phi) is 8.36. The number of benzene rings is 2. The number of fused-ring (bicyclic) bond motifs is 1. The molecule has 5 aromatic rings. The first kappa shape index (κ1) is 30.5. The predicted octanol–water partition coefficient (Wildman–Crippen LogP) is 4.68. The molecule has 3 aromatic heterocycles. The van der Waals surface area contributed by atoms with Crippen LogP contribution in [0.1, 0.15) is 58.2 Å². The van der Waals surface area contributed by atoms with Crippen LogP contribution in [0.5, 0.6) is 6.01 Å². The van der Waals surface area contributed by atoms with E-state index in [-0.39, 0.29) is 35.8 Å². The number of ether oxygens (including phenoxy) is 2. The van der Waals surface area contributed by atoms with Crippen LogP contribution < -0.4 is 4.74 Å². The number of likely N-dealkylation sites (tertiary alicyclic amines) is 1. The molecule has 5 heterocycles. The number of hydrogen-bond acceptors (Lipinski definition) is 9. The molecule has 0 bridgehead atoms. The van der Waals surface area contributed by atoms with Crippen molar-refractivity contribution >= 4 is 17.0 Å². The van der Waals surface area contributed by atoms with Crippen molar-refractivity contribution in [2.24, 2.45) is 7.05 Å². The molecule has 0 amide bonds. The van der Waals surface area contributed by atoms with Crippen LogP contribution in [-0.2, 0) is 31.5 Å². The average Bonchev–Trinajstić information content (AvgIpc) is 3.64. The Labute approximate surface area is 270 Å². The topological polar surface area (TPSA) is 144 Å². The molecule has 2 aliphatic rings. The Balaban J connectivity index is 1.08. The second-order valence-electron chi connectivity index (χ2n) is 12.0. The molecule has 0 radical (unpaired) electrons. The average molecular weight is 637 g/mol. The van der Waals surface area contributed by atoms with Crippen molar-refractivity contribution in [2.75, 3.05) is 19.7 Å². The van der Waals surface area contributed by atoms with Crippen molar-refractivity contribution < 1.29 is 23.8 Å². The maximum absolute atomic E-state index is 14.3. The third-order valence-electron chi connectivity index (χ3n) is 8.91. The number of carboxylic acids is 1. The second kappa shape index (κ2) is 12.9. The van der Waals surface area contributed by atoms with Crippen molar-refractivity contribution in [3.05, 3.63) is 88.9 Å². The van der Waals surface area contributed by atoms with E-state index in [0.29, 0.717) is 29.9 Å². The highest BCUT2D eigenvalue weighted by atomic mass is 19.1. The van der Waals surface area contributed by atoms with E-state index in [1.54, 1.807) is 29.1 Å². The number of aryl methyl sites for hydroxylation is 1. The van der Waals surface area contributed by atoms with Gasteiger partial charge in [-0.1, -0.05) is 6.07 Å². The standard InChI is InChI=1S/C34H33FN8O4/c1-41-10-7-29(40-41)26-15-24(33(44)45)16-30-32(26)39-31(43(30)18-25-8-13-46-25)19-42-11-5-22(6-12-42)28-4-9-37-34(38-28)47-20-23-3-2-21(17-36)14-27(23)35/h2-4,7,9-10,14-16,22,25H,5-6,8,11-13,18-20H2,1H3,(H,44,45)/t25-/m0/s1. The molecule has 2 aliphatic heterocycles. The Morgan fingerprint density at radius 2 is 1.98 bits per heavy atom. The maximum atomic E-state index is 14.3. The first-order valence-corrected chi connectivity index (χ1v) is 15.6. The van der Waals surface area contributed by atoms with E-state index in [4.69, 9.17) is 19.7 Å². The number of nitrogens with zero attached hydrogens (tertiary/aromatic N) is 8. The van der Waals surface area contributed by atoms with E-state index in [1.165, 1.54) is 12.1 Å². The molecule has 7 rings (SSSR count). The van der Waals surface area contributed by atoms with Crippen molar-refractivity contribution in [2.45, 2.75) is 51.0 Å². The monoisotopic (exact) mass is 636 g/mol. The molecule has 0 saturated carbocycles. The van der Waals surface area contributed by atoms with Crippen molar-refractivity contribution in [1.82, 2.24) is 34.2 Å². The highest BCUT2D eigenvalue weighted by Crippen LogP contribution is 2.33. The summed E-state index contributed by atoms with van der Waals surface area (Å²) in [4.78, 5) is 28.4. The van der Waals surface area contributed by atoms with Crippen LogP contribution in [0.2, 0.25) is 0 Å². The summed E-state index contributed by atoms with van der Waals surface area (Å²) in [5.74, 6) is -0.433. The molecule has 2 fully saturated rings. The lowest BCUT2D eigenvalue weighted by atomic mass is 9.93. The summed E-state index contributed by atoms with van der Waals surface area (Å²) in [5.41, 5.74) is 4.51. The number of halogens is 1. The molecule has 12 nitrogen and oxygen atoms in total. The Bertz CT molecular complexity index is 1990. The van der Waals surface area contributed by atoms with E-state index in [1.807, 2.05) is 31.4 Å². The van der Waals surface area contributed by atoms with Gasteiger partial charge in [0.2, 0.25) is 0 Å². The van der Waals surface area contributed by atoms with E-state index < -0.39 is 11.8 Å². The number of imidazole rings is 1. The minimum atomic E-state index is -1.000.